The van der Waals surface area contributed by atoms with Crippen LogP contribution in [0.15, 0.2) is 12.2 Å². The van der Waals surface area contributed by atoms with Gasteiger partial charge in [-0.25, -0.2) is 0 Å². The molecule has 0 N–H and O–H groups in total. The van der Waals surface area contributed by atoms with Crippen molar-refractivity contribution in [1.29, 1.82) is 0 Å². The molecule has 2 heteroatoms. The van der Waals surface area contributed by atoms with E-state index in [2.05, 4.69) is 12.2 Å². The van der Waals surface area contributed by atoms with E-state index in [0.717, 1.165) is 26.1 Å². The zero-order chi connectivity index (χ0) is 9.23. The first-order chi connectivity index (χ1) is 5.85. The molecule has 72 valence electrons. The SMILES string of the molecule is C/C=C\CCC(OCC)OCC. The molecule has 12 heavy (non-hydrogen) atoms. The molecule has 0 heterocycles. The summed E-state index contributed by atoms with van der Waals surface area (Å²) in [5.41, 5.74) is 0. The lowest BCUT2D eigenvalue weighted by atomic mass is 10.3. The molecule has 0 aromatic rings. The maximum absolute atomic E-state index is 5.37. The van der Waals surface area contributed by atoms with Gasteiger partial charge in [-0.05, 0) is 27.2 Å². The lowest BCUT2D eigenvalue weighted by molar-refractivity contribution is -0.138. The monoisotopic (exact) mass is 172 g/mol. The standard InChI is InChI=1S/C10H20O2/c1-4-7-8-9-10(11-5-2)12-6-3/h4,7,10H,5-6,8-9H2,1-3H3/b7-4-. The molecule has 0 amide bonds. The average molecular weight is 172 g/mol. The first kappa shape index (κ1) is 11.7. The van der Waals surface area contributed by atoms with E-state index in [1.54, 1.807) is 0 Å². The van der Waals surface area contributed by atoms with E-state index in [9.17, 15) is 0 Å². The van der Waals surface area contributed by atoms with Gasteiger partial charge in [-0.2, -0.15) is 0 Å². The first-order valence-electron chi connectivity index (χ1n) is 4.69. The summed E-state index contributed by atoms with van der Waals surface area (Å²) in [5.74, 6) is 0. The van der Waals surface area contributed by atoms with E-state index in [1.807, 2.05) is 20.8 Å². The molecule has 0 atom stereocenters. The zero-order valence-corrected chi connectivity index (χ0v) is 8.38. The Kier molecular flexibility index (Phi) is 8.51. The third-order valence-corrected chi connectivity index (χ3v) is 1.51. The van der Waals surface area contributed by atoms with Crippen LogP contribution in [0.3, 0.4) is 0 Å². The van der Waals surface area contributed by atoms with Crippen molar-refractivity contribution >= 4 is 0 Å². The van der Waals surface area contributed by atoms with Gasteiger partial charge < -0.3 is 9.47 Å². The number of rotatable bonds is 7. The van der Waals surface area contributed by atoms with Gasteiger partial charge in [0.05, 0.1) is 0 Å². The second-order valence-corrected chi connectivity index (χ2v) is 2.49. The first-order valence-corrected chi connectivity index (χ1v) is 4.69. The second kappa shape index (κ2) is 8.75. The topological polar surface area (TPSA) is 18.5 Å². The van der Waals surface area contributed by atoms with Crippen molar-refractivity contribution in [2.45, 2.75) is 39.9 Å². The predicted octanol–water partition coefficient (Wildman–Crippen LogP) is 2.74. The van der Waals surface area contributed by atoms with Crippen molar-refractivity contribution in [3.05, 3.63) is 12.2 Å². The third-order valence-electron chi connectivity index (χ3n) is 1.51. The Labute approximate surface area is 75.6 Å². The van der Waals surface area contributed by atoms with E-state index < -0.39 is 0 Å². The summed E-state index contributed by atoms with van der Waals surface area (Å²) < 4.78 is 10.7. The van der Waals surface area contributed by atoms with Crippen LogP contribution in [0.5, 0.6) is 0 Å². The summed E-state index contributed by atoms with van der Waals surface area (Å²) in [6, 6.07) is 0. The molecule has 0 bridgehead atoms. The summed E-state index contributed by atoms with van der Waals surface area (Å²) in [6.07, 6.45) is 6.14. The lowest BCUT2D eigenvalue weighted by Gasteiger charge is -2.15. The minimum atomic E-state index is -0.0174. The maximum atomic E-state index is 5.37. The van der Waals surface area contributed by atoms with Gasteiger partial charge >= 0.3 is 0 Å². The molecule has 0 aliphatic carbocycles. The maximum Gasteiger partial charge on any atom is 0.157 e. The number of ether oxygens (including phenoxy) is 2. The molecule has 2 nitrogen and oxygen atoms in total. The minimum absolute atomic E-state index is 0.0174. The highest BCUT2D eigenvalue weighted by Crippen LogP contribution is 2.04. The minimum Gasteiger partial charge on any atom is -0.353 e. The summed E-state index contributed by atoms with van der Waals surface area (Å²) in [7, 11) is 0. The average Bonchev–Trinajstić information content (AvgIpc) is 2.06. The van der Waals surface area contributed by atoms with Gasteiger partial charge in [-0.1, -0.05) is 12.2 Å². The van der Waals surface area contributed by atoms with Crippen LogP contribution in [0.2, 0.25) is 0 Å². The quantitative estimate of drug-likeness (QED) is 0.434. The Morgan fingerprint density at radius 1 is 1.17 bits per heavy atom. The Morgan fingerprint density at radius 2 is 1.75 bits per heavy atom. The van der Waals surface area contributed by atoms with Crippen LogP contribution in [-0.4, -0.2) is 19.5 Å². The third kappa shape index (κ3) is 6.38. The molecule has 0 aliphatic rings. The van der Waals surface area contributed by atoms with Crippen LogP contribution >= 0.6 is 0 Å². The fraction of sp³-hybridized carbons (Fsp3) is 0.800. The highest BCUT2D eigenvalue weighted by molar-refractivity contribution is 4.76. The summed E-state index contributed by atoms with van der Waals surface area (Å²) in [6.45, 7) is 7.45. The Morgan fingerprint density at radius 3 is 2.17 bits per heavy atom. The molecule has 0 aromatic heterocycles. The van der Waals surface area contributed by atoms with Gasteiger partial charge in [0.25, 0.3) is 0 Å². The fourth-order valence-electron chi connectivity index (χ4n) is 0.986. The molecule has 0 spiro atoms. The predicted molar refractivity (Wildman–Crippen MR) is 51.1 cm³/mol. The summed E-state index contributed by atoms with van der Waals surface area (Å²) >= 11 is 0. The van der Waals surface area contributed by atoms with Crippen LogP contribution in [0.1, 0.15) is 33.6 Å². The van der Waals surface area contributed by atoms with E-state index in [0.29, 0.717) is 0 Å². The van der Waals surface area contributed by atoms with Crippen molar-refractivity contribution in [3.8, 4) is 0 Å². The molecule has 0 unspecified atom stereocenters. The molecule has 0 rings (SSSR count). The van der Waals surface area contributed by atoms with Gasteiger partial charge in [-0.15, -0.1) is 0 Å². The summed E-state index contributed by atoms with van der Waals surface area (Å²) in [5, 5.41) is 0. The molecular formula is C10H20O2. The normalized spacial score (nSPS) is 11.7. The van der Waals surface area contributed by atoms with Crippen LogP contribution in [0.25, 0.3) is 0 Å². The van der Waals surface area contributed by atoms with E-state index in [4.69, 9.17) is 9.47 Å². The molecular weight excluding hydrogens is 152 g/mol. The number of hydrogen-bond acceptors (Lipinski definition) is 2. The second-order valence-electron chi connectivity index (χ2n) is 2.49. The van der Waals surface area contributed by atoms with Crippen molar-refractivity contribution < 1.29 is 9.47 Å². The largest absolute Gasteiger partial charge is 0.353 e. The van der Waals surface area contributed by atoms with Gasteiger partial charge in [-0.3, -0.25) is 0 Å². The van der Waals surface area contributed by atoms with Gasteiger partial charge in [0.1, 0.15) is 0 Å². The summed E-state index contributed by atoms with van der Waals surface area (Å²) in [4.78, 5) is 0. The lowest BCUT2D eigenvalue weighted by Crippen LogP contribution is -2.16. The van der Waals surface area contributed by atoms with Gasteiger partial charge in [0, 0.05) is 19.6 Å². The number of hydrogen-bond donors (Lipinski definition) is 0. The molecule has 0 saturated carbocycles. The highest BCUT2D eigenvalue weighted by Gasteiger charge is 2.04. The molecule has 0 radical (unpaired) electrons. The van der Waals surface area contributed by atoms with Crippen LogP contribution < -0.4 is 0 Å². The van der Waals surface area contributed by atoms with Crippen molar-refractivity contribution in [2.75, 3.05) is 13.2 Å². The van der Waals surface area contributed by atoms with Crippen molar-refractivity contribution in [3.63, 3.8) is 0 Å². The van der Waals surface area contributed by atoms with Crippen molar-refractivity contribution in [2.24, 2.45) is 0 Å². The number of allylic oxidation sites excluding steroid dienone is 2. The van der Waals surface area contributed by atoms with E-state index in [-0.39, 0.29) is 6.29 Å². The van der Waals surface area contributed by atoms with Gasteiger partial charge in [0.2, 0.25) is 0 Å². The smallest absolute Gasteiger partial charge is 0.157 e. The Bertz CT molecular complexity index is 104. The fourth-order valence-corrected chi connectivity index (χ4v) is 0.986. The van der Waals surface area contributed by atoms with E-state index in [1.165, 1.54) is 0 Å². The van der Waals surface area contributed by atoms with Gasteiger partial charge in [0.15, 0.2) is 6.29 Å². The highest BCUT2D eigenvalue weighted by atomic mass is 16.7. The van der Waals surface area contributed by atoms with Crippen LogP contribution in [0, 0.1) is 0 Å². The van der Waals surface area contributed by atoms with Crippen LogP contribution in [0.4, 0.5) is 0 Å². The zero-order valence-electron chi connectivity index (χ0n) is 8.38. The Hall–Kier alpha value is -0.340. The molecule has 0 aromatic carbocycles. The van der Waals surface area contributed by atoms with Crippen molar-refractivity contribution in [1.82, 2.24) is 0 Å². The molecule has 0 fully saturated rings. The van der Waals surface area contributed by atoms with Crippen LogP contribution in [-0.2, 0) is 9.47 Å². The molecule has 0 saturated heterocycles. The molecule has 0 aliphatic heterocycles. The van der Waals surface area contributed by atoms with E-state index >= 15 is 0 Å². The Balaban J connectivity index is 3.47.